The van der Waals surface area contributed by atoms with Gasteiger partial charge in [0.15, 0.2) is 0 Å². The summed E-state index contributed by atoms with van der Waals surface area (Å²) in [6, 6.07) is 6.82. The predicted molar refractivity (Wildman–Crippen MR) is 74.8 cm³/mol. The number of nitrogens with zero attached hydrogens (tertiary/aromatic N) is 1. The van der Waals surface area contributed by atoms with Crippen LogP contribution in [0, 0.1) is 5.92 Å². The minimum absolute atomic E-state index is 0.111. The summed E-state index contributed by atoms with van der Waals surface area (Å²) >= 11 is 0. The second kappa shape index (κ2) is 6.52. The first-order valence-electron chi connectivity index (χ1n) is 6.70. The summed E-state index contributed by atoms with van der Waals surface area (Å²) in [5, 5.41) is 9.21. The van der Waals surface area contributed by atoms with E-state index >= 15 is 0 Å². The molecule has 5 nitrogen and oxygen atoms in total. The van der Waals surface area contributed by atoms with Gasteiger partial charge in [-0.1, -0.05) is 6.07 Å². The maximum Gasteiger partial charge on any atom is 0.337 e. The summed E-state index contributed by atoms with van der Waals surface area (Å²) in [6.45, 7) is 0.805. The van der Waals surface area contributed by atoms with E-state index in [-0.39, 0.29) is 24.5 Å². The normalized spacial score (nSPS) is 22.4. The summed E-state index contributed by atoms with van der Waals surface area (Å²) < 4.78 is 4.71. The molecule has 0 aromatic heterocycles. The molecule has 0 bridgehead atoms. The Morgan fingerprint density at radius 1 is 1.55 bits per heavy atom. The summed E-state index contributed by atoms with van der Waals surface area (Å²) in [7, 11) is 1.34. The van der Waals surface area contributed by atoms with Crippen molar-refractivity contribution in [3.05, 3.63) is 29.8 Å². The molecule has 1 aromatic rings. The average molecular weight is 277 g/mol. The first-order valence-corrected chi connectivity index (χ1v) is 6.70. The fraction of sp³-hybridized carbons (Fsp3) is 0.467. The van der Waals surface area contributed by atoms with E-state index in [0.717, 1.165) is 18.4 Å². The van der Waals surface area contributed by atoms with Crippen molar-refractivity contribution in [1.82, 2.24) is 0 Å². The minimum Gasteiger partial charge on any atom is -0.465 e. The molecule has 20 heavy (non-hydrogen) atoms. The highest BCUT2D eigenvalue weighted by atomic mass is 16.5. The highest BCUT2D eigenvalue weighted by Crippen LogP contribution is 2.27. The Bertz CT molecular complexity index is 489. The number of esters is 1. The lowest BCUT2D eigenvalue weighted by Gasteiger charge is -2.37. The Kier molecular flexibility index (Phi) is 4.74. The molecule has 0 spiro atoms. The average Bonchev–Trinajstić information content (AvgIpc) is 2.53. The van der Waals surface area contributed by atoms with Crippen LogP contribution in [-0.2, 0) is 9.53 Å². The lowest BCUT2D eigenvalue weighted by Crippen LogP contribution is -2.44. The highest BCUT2D eigenvalue weighted by Gasteiger charge is 2.28. The quantitative estimate of drug-likeness (QED) is 0.662. The number of rotatable bonds is 4. The lowest BCUT2D eigenvalue weighted by atomic mass is 9.91. The molecule has 2 rings (SSSR count). The van der Waals surface area contributed by atoms with E-state index in [4.69, 9.17) is 4.74 Å². The highest BCUT2D eigenvalue weighted by molar-refractivity contribution is 5.90. The standard InChI is InChI=1S/C15H19NO4/c1-20-15(19)12-3-2-4-13(8-12)16-6-5-11(9-17)7-14(16)10-18/h2-4,8,10-11,14,17H,5-7,9H2,1H3. The van der Waals surface area contributed by atoms with E-state index in [1.54, 1.807) is 18.2 Å². The Morgan fingerprint density at radius 2 is 2.35 bits per heavy atom. The zero-order valence-corrected chi connectivity index (χ0v) is 11.5. The van der Waals surface area contributed by atoms with Crippen molar-refractivity contribution in [2.75, 3.05) is 25.2 Å². The zero-order chi connectivity index (χ0) is 14.5. The van der Waals surface area contributed by atoms with Crippen molar-refractivity contribution in [2.45, 2.75) is 18.9 Å². The molecule has 1 aromatic carbocycles. The van der Waals surface area contributed by atoms with E-state index in [1.807, 2.05) is 11.0 Å². The van der Waals surface area contributed by atoms with Crippen molar-refractivity contribution >= 4 is 17.9 Å². The number of benzene rings is 1. The van der Waals surface area contributed by atoms with Crippen molar-refractivity contribution in [1.29, 1.82) is 0 Å². The number of aliphatic hydroxyl groups excluding tert-OH is 1. The van der Waals surface area contributed by atoms with Gasteiger partial charge in [0, 0.05) is 18.8 Å². The molecule has 2 unspecified atom stereocenters. The third kappa shape index (κ3) is 2.99. The van der Waals surface area contributed by atoms with Gasteiger partial charge in [-0.25, -0.2) is 4.79 Å². The minimum atomic E-state index is -0.389. The van der Waals surface area contributed by atoms with Gasteiger partial charge < -0.3 is 19.5 Å². The molecule has 1 aliphatic heterocycles. The van der Waals surface area contributed by atoms with Crippen LogP contribution in [0.3, 0.4) is 0 Å². The van der Waals surface area contributed by atoms with Crippen molar-refractivity contribution in [2.24, 2.45) is 5.92 Å². The van der Waals surface area contributed by atoms with Crippen molar-refractivity contribution < 1.29 is 19.4 Å². The molecular formula is C15H19NO4. The van der Waals surface area contributed by atoms with Crippen LogP contribution < -0.4 is 4.90 Å². The summed E-state index contributed by atoms with van der Waals surface area (Å²) in [5.74, 6) is -0.218. The topological polar surface area (TPSA) is 66.8 Å². The molecule has 0 saturated carbocycles. The molecule has 1 saturated heterocycles. The van der Waals surface area contributed by atoms with Crippen molar-refractivity contribution in [3.63, 3.8) is 0 Å². The maximum absolute atomic E-state index is 11.6. The number of anilines is 1. The molecule has 5 heteroatoms. The fourth-order valence-electron chi connectivity index (χ4n) is 2.62. The van der Waals surface area contributed by atoms with Gasteiger partial charge in [0.05, 0.1) is 18.7 Å². The number of aliphatic hydroxyl groups is 1. The second-order valence-electron chi connectivity index (χ2n) is 5.01. The van der Waals surface area contributed by atoms with E-state index in [1.165, 1.54) is 7.11 Å². The third-order valence-corrected chi connectivity index (χ3v) is 3.77. The number of carbonyl (C=O) groups excluding carboxylic acids is 2. The van der Waals surface area contributed by atoms with Gasteiger partial charge in [0.1, 0.15) is 6.29 Å². The maximum atomic E-state index is 11.6. The number of hydrogen-bond donors (Lipinski definition) is 1. The Balaban J connectivity index is 2.22. The zero-order valence-electron chi connectivity index (χ0n) is 11.5. The van der Waals surface area contributed by atoms with Crippen LogP contribution in [0.5, 0.6) is 0 Å². The fourth-order valence-corrected chi connectivity index (χ4v) is 2.62. The Hall–Kier alpha value is -1.88. The van der Waals surface area contributed by atoms with Crippen LogP contribution in [-0.4, -0.2) is 43.7 Å². The number of aldehydes is 1. The van der Waals surface area contributed by atoms with E-state index < -0.39 is 0 Å². The molecule has 1 heterocycles. The molecule has 1 N–H and O–H groups in total. The van der Waals surface area contributed by atoms with Crippen LogP contribution >= 0.6 is 0 Å². The molecule has 1 aliphatic rings. The Labute approximate surface area is 118 Å². The van der Waals surface area contributed by atoms with E-state index in [9.17, 15) is 14.7 Å². The van der Waals surface area contributed by atoms with Gasteiger partial charge in [0.2, 0.25) is 0 Å². The predicted octanol–water partition coefficient (Wildman–Crippen LogP) is 1.25. The molecule has 108 valence electrons. The van der Waals surface area contributed by atoms with Crippen LogP contribution in [0.1, 0.15) is 23.2 Å². The van der Waals surface area contributed by atoms with Gasteiger partial charge in [-0.05, 0) is 37.0 Å². The second-order valence-corrected chi connectivity index (χ2v) is 5.01. The molecule has 0 amide bonds. The molecule has 2 atom stereocenters. The smallest absolute Gasteiger partial charge is 0.337 e. The van der Waals surface area contributed by atoms with Gasteiger partial charge in [-0.15, -0.1) is 0 Å². The van der Waals surface area contributed by atoms with Crippen LogP contribution in [0.25, 0.3) is 0 Å². The van der Waals surface area contributed by atoms with Crippen molar-refractivity contribution in [3.8, 4) is 0 Å². The first kappa shape index (κ1) is 14.5. The summed E-state index contributed by atoms with van der Waals surface area (Å²) in [5.41, 5.74) is 1.31. The van der Waals surface area contributed by atoms with Crippen LogP contribution in [0.15, 0.2) is 24.3 Å². The SMILES string of the molecule is COC(=O)c1cccc(N2CCC(CO)CC2C=O)c1. The Morgan fingerprint density at radius 3 is 3.00 bits per heavy atom. The van der Waals surface area contributed by atoms with Crippen LogP contribution in [0.4, 0.5) is 5.69 Å². The number of piperidine rings is 1. The van der Waals surface area contributed by atoms with Gasteiger partial charge in [-0.3, -0.25) is 0 Å². The molecule has 1 fully saturated rings. The van der Waals surface area contributed by atoms with E-state index in [2.05, 4.69) is 0 Å². The number of ether oxygens (including phenoxy) is 1. The molecular weight excluding hydrogens is 258 g/mol. The summed E-state index contributed by atoms with van der Waals surface area (Å²) in [4.78, 5) is 24.8. The monoisotopic (exact) mass is 277 g/mol. The third-order valence-electron chi connectivity index (χ3n) is 3.77. The van der Waals surface area contributed by atoms with Gasteiger partial charge in [0.25, 0.3) is 0 Å². The number of methoxy groups -OCH3 is 1. The molecule has 0 radical (unpaired) electrons. The number of hydrogen-bond acceptors (Lipinski definition) is 5. The molecule has 0 aliphatic carbocycles. The largest absolute Gasteiger partial charge is 0.465 e. The lowest BCUT2D eigenvalue weighted by molar-refractivity contribution is -0.109. The number of carbonyl (C=O) groups is 2. The first-order chi connectivity index (χ1) is 9.69. The van der Waals surface area contributed by atoms with Crippen LogP contribution in [0.2, 0.25) is 0 Å². The van der Waals surface area contributed by atoms with Gasteiger partial charge in [-0.2, -0.15) is 0 Å². The van der Waals surface area contributed by atoms with E-state index in [0.29, 0.717) is 18.5 Å². The summed E-state index contributed by atoms with van der Waals surface area (Å²) in [6.07, 6.45) is 2.39. The van der Waals surface area contributed by atoms with Gasteiger partial charge >= 0.3 is 5.97 Å².